The largest absolute Gasteiger partial charge is 0.497 e. The number of amides is 3. The van der Waals surface area contributed by atoms with Gasteiger partial charge in [0.05, 0.1) is 18.7 Å². The van der Waals surface area contributed by atoms with Gasteiger partial charge in [-0.05, 0) is 73.0 Å². The van der Waals surface area contributed by atoms with Crippen molar-refractivity contribution < 1.29 is 24.0 Å². The molecule has 5 rings (SSSR count). The third kappa shape index (κ3) is 5.95. The number of rotatable bonds is 8. The second-order valence-electron chi connectivity index (χ2n) is 10.2. The van der Waals surface area contributed by atoms with Crippen LogP contribution in [0.1, 0.15) is 18.4 Å². The average Bonchev–Trinajstić information content (AvgIpc) is 3.27. The van der Waals surface area contributed by atoms with Crippen LogP contribution in [0.2, 0.25) is 0 Å². The lowest BCUT2D eigenvalue weighted by Gasteiger charge is -2.43. The standard InChI is InChI=1S/C31H31N5O6/c1-42-27-14-10-24(11-15-27)32-28(37)21-34-22-35(25-5-3-2-4-6-25)31(30(34)39)17-19-33(20-18-31)29(38)16-9-23-7-12-26(13-8-23)36(40)41/h2-16H,17-22H2,1H3,(H,32,37). The van der Waals surface area contributed by atoms with Gasteiger partial charge in [0.25, 0.3) is 11.6 Å². The van der Waals surface area contributed by atoms with E-state index in [1.807, 2.05) is 35.2 Å². The zero-order valence-corrected chi connectivity index (χ0v) is 23.1. The Morgan fingerprint density at radius 2 is 1.67 bits per heavy atom. The molecular weight excluding hydrogens is 538 g/mol. The molecule has 2 aliphatic heterocycles. The van der Waals surface area contributed by atoms with Gasteiger partial charge < -0.3 is 24.8 Å². The predicted octanol–water partition coefficient (Wildman–Crippen LogP) is 3.92. The molecule has 0 unspecified atom stereocenters. The zero-order chi connectivity index (χ0) is 29.7. The van der Waals surface area contributed by atoms with Gasteiger partial charge in [-0.3, -0.25) is 24.5 Å². The van der Waals surface area contributed by atoms with E-state index in [0.717, 1.165) is 5.69 Å². The number of methoxy groups -OCH3 is 1. The Morgan fingerprint density at radius 1 is 1.00 bits per heavy atom. The van der Waals surface area contributed by atoms with Crippen LogP contribution in [0.3, 0.4) is 0 Å². The summed E-state index contributed by atoms with van der Waals surface area (Å²) in [5.41, 5.74) is 1.27. The first-order valence-electron chi connectivity index (χ1n) is 13.6. The van der Waals surface area contributed by atoms with Crippen molar-refractivity contribution >= 4 is 40.9 Å². The number of piperidine rings is 1. The number of hydrogen-bond donors (Lipinski definition) is 1. The van der Waals surface area contributed by atoms with Crippen molar-refractivity contribution in [1.29, 1.82) is 0 Å². The minimum Gasteiger partial charge on any atom is -0.497 e. The third-order valence-electron chi connectivity index (χ3n) is 7.71. The van der Waals surface area contributed by atoms with Crippen LogP contribution >= 0.6 is 0 Å². The molecule has 3 amide bonds. The Kier molecular flexibility index (Phi) is 8.19. The highest BCUT2D eigenvalue weighted by Crippen LogP contribution is 2.39. The number of nitrogens with one attached hydrogen (secondary N) is 1. The van der Waals surface area contributed by atoms with Crippen molar-refractivity contribution in [1.82, 2.24) is 9.80 Å². The van der Waals surface area contributed by atoms with Crippen molar-refractivity contribution in [3.63, 3.8) is 0 Å². The van der Waals surface area contributed by atoms with E-state index in [-0.39, 0.29) is 36.6 Å². The van der Waals surface area contributed by atoms with Gasteiger partial charge in [0, 0.05) is 42.7 Å². The molecule has 42 heavy (non-hydrogen) atoms. The van der Waals surface area contributed by atoms with Crippen LogP contribution in [-0.4, -0.2) is 71.4 Å². The van der Waals surface area contributed by atoms with Gasteiger partial charge >= 0.3 is 0 Å². The maximum absolute atomic E-state index is 13.9. The van der Waals surface area contributed by atoms with E-state index < -0.39 is 10.5 Å². The highest BCUT2D eigenvalue weighted by atomic mass is 16.6. The maximum atomic E-state index is 13.9. The Hall–Kier alpha value is -5.19. The van der Waals surface area contributed by atoms with Crippen LogP contribution in [0.15, 0.2) is 84.9 Å². The number of nitrogens with zero attached hydrogens (tertiary/aromatic N) is 4. The van der Waals surface area contributed by atoms with Crippen molar-refractivity contribution in [3.8, 4) is 5.75 Å². The summed E-state index contributed by atoms with van der Waals surface area (Å²) in [7, 11) is 1.57. The number of likely N-dealkylation sites (tertiary alicyclic amines) is 1. The quantitative estimate of drug-likeness (QED) is 0.248. The van der Waals surface area contributed by atoms with Crippen LogP contribution in [0.5, 0.6) is 5.75 Å². The molecular formula is C31H31N5O6. The topological polar surface area (TPSA) is 125 Å². The second-order valence-corrected chi connectivity index (χ2v) is 10.2. The monoisotopic (exact) mass is 569 g/mol. The molecule has 0 radical (unpaired) electrons. The molecule has 0 aliphatic carbocycles. The minimum absolute atomic E-state index is 0.0173. The molecule has 11 nitrogen and oxygen atoms in total. The minimum atomic E-state index is -0.874. The second kappa shape index (κ2) is 12.1. The van der Waals surface area contributed by atoms with E-state index in [2.05, 4.69) is 5.32 Å². The van der Waals surface area contributed by atoms with Crippen molar-refractivity contribution in [2.75, 3.05) is 43.6 Å². The zero-order valence-electron chi connectivity index (χ0n) is 23.1. The van der Waals surface area contributed by atoms with Gasteiger partial charge in [-0.25, -0.2) is 0 Å². The Morgan fingerprint density at radius 3 is 2.29 bits per heavy atom. The molecule has 3 aromatic carbocycles. The molecule has 2 saturated heterocycles. The molecule has 11 heteroatoms. The number of ether oxygens (including phenoxy) is 1. The number of non-ortho nitro benzene ring substituents is 1. The van der Waals surface area contributed by atoms with E-state index in [9.17, 15) is 24.5 Å². The van der Waals surface area contributed by atoms with E-state index in [1.165, 1.54) is 18.2 Å². The SMILES string of the molecule is COc1ccc(NC(=O)CN2CN(c3ccccc3)C3(CCN(C(=O)C=Cc4ccc([N+](=O)[O-])cc4)CC3)C2=O)cc1. The Balaban J connectivity index is 1.27. The summed E-state index contributed by atoms with van der Waals surface area (Å²) in [5.74, 6) is 0.0396. The van der Waals surface area contributed by atoms with Crippen molar-refractivity contribution in [3.05, 3.63) is 101 Å². The first-order valence-corrected chi connectivity index (χ1v) is 13.6. The summed E-state index contributed by atoms with van der Waals surface area (Å²) in [6.07, 6.45) is 3.89. The van der Waals surface area contributed by atoms with E-state index in [0.29, 0.717) is 42.9 Å². The molecule has 3 aromatic rings. The Bertz CT molecular complexity index is 1480. The molecule has 1 spiro atoms. The van der Waals surface area contributed by atoms with Crippen LogP contribution in [0, 0.1) is 10.1 Å². The van der Waals surface area contributed by atoms with Gasteiger partial charge in [-0.2, -0.15) is 0 Å². The van der Waals surface area contributed by atoms with Crippen LogP contribution in [0.25, 0.3) is 6.08 Å². The Labute approximate surface area is 243 Å². The van der Waals surface area contributed by atoms with Crippen LogP contribution in [0.4, 0.5) is 17.1 Å². The summed E-state index contributed by atoms with van der Waals surface area (Å²) in [4.78, 5) is 55.5. The molecule has 0 aromatic heterocycles. The molecule has 0 atom stereocenters. The summed E-state index contributed by atoms with van der Waals surface area (Å²) in [6.45, 7) is 0.887. The molecule has 2 aliphatic rings. The van der Waals surface area contributed by atoms with Gasteiger partial charge in [-0.1, -0.05) is 18.2 Å². The number of anilines is 2. The predicted molar refractivity (Wildman–Crippen MR) is 158 cm³/mol. The highest BCUT2D eigenvalue weighted by Gasteiger charge is 2.54. The molecule has 2 fully saturated rings. The van der Waals surface area contributed by atoms with Gasteiger partial charge in [0.15, 0.2) is 0 Å². The fraction of sp³-hybridized carbons (Fsp3) is 0.258. The van der Waals surface area contributed by atoms with Crippen molar-refractivity contribution in [2.45, 2.75) is 18.4 Å². The number of carbonyl (C=O) groups excluding carboxylic acids is 3. The fourth-order valence-electron chi connectivity index (χ4n) is 5.45. The molecule has 216 valence electrons. The normalized spacial score (nSPS) is 16.2. The first-order chi connectivity index (χ1) is 20.3. The average molecular weight is 570 g/mol. The lowest BCUT2D eigenvalue weighted by atomic mass is 9.85. The number of benzene rings is 3. The van der Waals surface area contributed by atoms with Gasteiger partial charge in [-0.15, -0.1) is 0 Å². The number of nitro groups is 1. The number of nitro benzene ring substituents is 1. The lowest BCUT2D eigenvalue weighted by molar-refractivity contribution is -0.384. The fourth-order valence-corrected chi connectivity index (χ4v) is 5.45. The third-order valence-corrected chi connectivity index (χ3v) is 7.71. The van der Waals surface area contributed by atoms with Crippen LogP contribution < -0.4 is 15.0 Å². The van der Waals surface area contributed by atoms with Gasteiger partial charge in [0.1, 0.15) is 17.8 Å². The summed E-state index contributed by atoms with van der Waals surface area (Å²) >= 11 is 0. The summed E-state index contributed by atoms with van der Waals surface area (Å²) < 4.78 is 5.16. The van der Waals surface area contributed by atoms with Gasteiger partial charge in [0.2, 0.25) is 11.8 Å². The molecule has 1 N–H and O–H groups in total. The molecule has 0 bridgehead atoms. The maximum Gasteiger partial charge on any atom is 0.269 e. The number of carbonyl (C=O) groups is 3. The smallest absolute Gasteiger partial charge is 0.269 e. The summed E-state index contributed by atoms with van der Waals surface area (Å²) in [5, 5.41) is 13.7. The number of para-hydroxylation sites is 1. The molecule has 2 heterocycles. The van der Waals surface area contributed by atoms with E-state index in [4.69, 9.17) is 4.74 Å². The lowest BCUT2D eigenvalue weighted by Crippen LogP contribution is -2.57. The molecule has 0 saturated carbocycles. The summed E-state index contributed by atoms with van der Waals surface area (Å²) in [6, 6.07) is 22.5. The highest BCUT2D eigenvalue weighted by molar-refractivity contribution is 5.99. The first kappa shape index (κ1) is 28.3. The van der Waals surface area contributed by atoms with E-state index >= 15 is 0 Å². The number of hydrogen-bond acceptors (Lipinski definition) is 7. The van der Waals surface area contributed by atoms with Crippen molar-refractivity contribution in [2.24, 2.45) is 0 Å². The van der Waals surface area contributed by atoms with Crippen LogP contribution in [-0.2, 0) is 14.4 Å². The van der Waals surface area contributed by atoms with E-state index in [1.54, 1.807) is 59.4 Å².